The Hall–Kier alpha value is -1.11. The van der Waals surface area contributed by atoms with Gasteiger partial charge in [0.1, 0.15) is 0 Å². The molecule has 13 heavy (non-hydrogen) atoms. The standard InChI is InChI=1S/C6H6O.C5H5.Fe/c7-5-6-3-1-2-4-6;1-2-4-5-3-1;/h1-5,7H;1-5H;/q;-1;+2/p-1. The average molecular weight is 214 g/mol. The van der Waals surface area contributed by atoms with Crippen LogP contribution in [0.25, 0.3) is 0 Å². The molecule has 68 valence electrons. The second-order valence-electron chi connectivity index (χ2n) is 2.30. The Kier molecular flexibility index (Phi) is 6.89. The quantitative estimate of drug-likeness (QED) is 0.366. The molecular formula is C11H10FeO. The molecule has 0 unspecified atom stereocenters. The summed E-state index contributed by atoms with van der Waals surface area (Å²) in [5, 5.41) is 9.87. The van der Waals surface area contributed by atoms with Crippen LogP contribution in [0.2, 0.25) is 0 Å². The van der Waals surface area contributed by atoms with Gasteiger partial charge in [0.25, 0.3) is 0 Å². The summed E-state index contributed by atoms with van der Waals surface area (Å²) in [5.74, 6) is 0. The van der Waals surface area contributed by atoms with Gasteiger partial charge in [0.2, 0.25) is 0 Å². The normalized spacial score (nSPS) is 11.5. The molecule has 0 amide bonds. The van der Waals surface area contributed by atoms with Gasteiger partial charge in [-0.3, -0.25) is 0 Å². The summed E-state index contributed by atoms with van der Waals surface area (Å²) in [6.45, 7) is 0. The van der Waals surface area contributed by atoms with Crippen LogP contribution < -0.4 is 5.11 Å². The van der Waals surface area contributed by atoms with Crippen LogP contribution in [0.15, 0.2) is 66.5 Å². The molecule has 0 heterocycles. The summed E-state index contributed by atoms with van der Waals surface area (Å²) < 4.78 is 0. The first kappa shape index (κ1) is 11.9. The summed E-state index contributed by atoms with van der Waals surface area (Å²) in [7, 11) is 0. The van der Waals surface area contributed by atoms with E-state index >= 15 is 0 Å². The van der Waals surface area contributed by atoms with E-state index in [1.165, 1.54) is 0 Å². The molecule has 1 aromatic carbocycles. The van der Waals surface area contributed by atoms with Crippen molar-refractivity contribution in [3.05, 3.63) is 66.5 Å². The summed E-state index contributed by atoms with van der Waals surface area (Å²) in [6.07, 6.45) is 8.05. The molecule has 0 aromatic heterocycles. The minimum Gasteiger partial charge on any atom is -0.877 e. The van der Waals surface area contributed by atoms with Crippen molar-refractivity contribution in [2.45, 2.75) is 0 Å². The smallest absolute Gasteiger partial charge is 0.877 e. The second-order valence-corrected chi connectivity index (χ2v) is 2.30. The predicted molar refractivity (Wildman–Crippen MR) is 48.4 cm³/mol. The van der Waals surface area contributed by atoms with Gasteiger partial charge in [0, 0.05) is 0 Å². The third kappa shape index (κ3) is 5.18. The van der Waals surface area contributed by atoms with Gasteiger partial charge in [-0.15, -0.1) is 6.26 Å². The maximum absolute atomic E-state index is 9.87. The van der Waals surface area contributed by atoms with Crippen molar-refractivity contribution < 1.29 is 22.2 Å². The molecule has 0 atom stereocenters. The van der Waals surface area contributed by atoms with Crippen LogP contribution in [0.3, 0.4) is 0 Å². The summed E-state index contributed by atoms with van der Waals surface area (Å²) >= 11 is 0. The van der Waals surface area contributed by atoms with E-state index in [-0.39, 0.29) is 17.1 Å². The molecule has 1 nitrogen and oxygen atoms in total. The van der Waals surface area contributed by atoms with Crippen LogP contribution in [0.5, 0.6) is 0 Å². The van der Waals surface area contributed by atoms with Gasteiger partial charge in [-0.2, -0.15) is 18.2 Å². The summed E-state index contributed by atoms with van der Waals surface area (Å²) in [5.41, 5.74) is 0.750. The van der Waals surface area contributed by atoms with Gasteiger partial charge in [-0.1, -0.05) is 24.3 Å². The zero-order valence-corrected chi connectivity index (χ0v) is 8.14. The average Bonchev–Trinajstić information content (AvgIpc) is 2.81. The first-order valence-electron chi connectivity index (χ1n) is 3.77. The zero-order valence-electron chi connectivity index (χ0n) is 7.04. The van der Waals surface area contributed by atoms with E-state index in [0.29, 0.717) is 0 Å². The Balaban J connectivity index is 0.000000215. The molecule has 2 heteroatoms. The molecule has 1 aromatic rings. The molecule has 2 rings (SSSR count). The van der Waals surface area contributed by atoms with Crippen LogP contribution in [0, 0.1) is 0 Å². The fourth-order valence-corrected chi connectivity index (χ4v) is 0.788. The van der Waals surface area contributed by atoms with E-state index in [4.69, 9.17) is 0 Å². The Labute approximate surface area is 88.9 Å². The first-order chi connectivity index (χ1) is 5.93. The van der Waals surface area contributed by atoms with Gasteiger partial charge in [0.05, 0.1) is 0 Å². The maximum atomic E-state index is 9.87. The Bertz CT molecular complexity index is 250. The Morgan fingerprint density at radius 2 is 1.62 bits per heavy atom. The molecule has 1 aliphatic rings. The van der Waals surface area contributed by atoms with E-state index in [0.717, 1.165) is 11.8 Å². The van der Waals surface area contributed by atoms with Crippen LogP contribution in [0.4, 0.5) is 0 Å². The van der Waals surface area contributed by atoms with Gasteiger partial charge in [-0.05, 0) is 5.57 Å². The third-order valence-electron chi connectivity index (χ3n) is 1.38. The van der Waals surface area contributed by atoms with E-state index in [2.05, 4.69) is 0 Å². The molecule has 0 bridgehead atoms. The summed E-state index contributed by atoms with van der Waals surface area (Å²) in [4.78, 5) is 0. The van der Waals surface area contributed by atoms with Gasteiger partial charge < -0.3 is 5.11 Å². The second kappa shape index (κ2) is 7.53. The van der Waals surface area contributed by atoms with Gasteiger partial charge in [0.15, 0.2) is 0 Å². The minimum atomic E-state index is 0. The van der Waals surface area contributed by atoms with Crippen molar-refractivity contribution in [2.24, 2.45) is 0 Å². The monoisotopic (exact) mass is 214 g/mol. The molecule has 0 fully saturated rings. The topological polar surface area (TPSA) is 23.1 Å². The molecule has 0 aliphatic heterocycles. The molecule has 1 aliphatic carbocycles. The van der Waals surface area contributed by atoms with Crippen molar-refractivity contribution >= 4 is 0 Å². The molecular weight excluding hydrogens is 204 g/mol. The number of rotatable bonds is 0. The minimum absolute atomic E-state index is 0. The van der Waals surface area contributed by atoms with E-state index in [9.17, 15) is 5.11 Å². The Morgan fingerprint density at radius 3 is 1.85 bits per heavy atom. The van der Waals surface area contributed by atoms with Crippen molar-refractivity contribution in [3.63, 3.8) is 0 Å². The predicted octanol–water partition coefficient (Wildman–Crippen LogP) is 1.76. The van der Waals surface area contributed by atoms with E-state index < -0.39 is 0 Å². The van der Waals surface area contributed by atoms with Crippen LogP contribution in [-0.4, -0.2) is 0 Å². The number of hydrogen-bond acceptors (Lipinski definition) is 1. The van der Waals surface area contributed by atoms with Crippen molar-refractivity contribution in [2.75, 3.05) is 0 Å². The van der Waals surface area contributed by atoms with Crippen molar-refractivity contribution in [3.8, 4) is 0 Å². The van der Waals surface area contributed by atoms with Crippen LogP contribution >= 0.6 is 0 Å². The van der Waals surface area contributed by atoms with Gasteiger partial charge in [-0.25, -0.2) is 12.1 Å². The number of hydrogen-bond donors (Lipinski definition) is 0. The van der Waals surface area contributed by atoms with Crippen molar-refractivity contribution in [1.29, 1.82) is 0 Å². The molecule has 0 saturated carbocycles. The fourth-order valence-electron chi connectivity index (χ4n) is 0.788. The SMILES string of the molecule is [Fe+2].[O-]C=C1C=CC=C1.c1cc[cH-]c1. The molecule has 0 N–H and O–H groups in total. The van der Waals surface area contributed by atoms with Crippen LogP contribution in [-0.2, 0) is 17.1 Å². The molecule has 0 spiro atoms. The van der Waals surface area contributed by atoms with E-state index in [1.807, 2.05) is 42.5 Å². The van der Waals surface area contributed by atoms with Gasteiger partial charge >= 0.3 is 17.1 Å². The molecule has 0 saturated heterocycles. The first-order valence-corrected chi connectivity index (χ1v) is 3.77. The third-order valence-corrected chi connectivity index (χ3v) is 1.38. The van der Waals surface area contributed by atoms with E-state index in [1.54, 1.807) is 12.2 Å². The number of allylic oxidation sites excluding steroid dienone is 5. The zero-order chi connectivity index (χ0) is 8.65. The summed E-state index contributed by atoms with van der Waals surface area (Å²) in [6, 6.07) is 10.0. The van der Waals surface area contributed by atoms with Crippen molar-refractivity contribution in [1.82, 2.24) is 0 Å². The maximum Gasteiger partial charge on any atom is 2.00 e. The largest absolute Gasteiger partial charge is 2.00 e. The fraction of sp³-hybridized carbons (Fsp3) is 0. The molecule has 0 radical (unpaired) electrons. The van der Waals surface area contributed by atoms with Crippen LogP contribution in [0.1, 0.15) is 0 Å². The Morgan fingerprint density at radius 1 is 1.08 bits per heavy atom.